The van der Waals surface area contributed by atoms with Gasteiger partial charge in [-0.2, -0.15) is 0 Å². The highest BCUT2D eigenvalue weighted by atomic mass is 127. The van der Waals surface area contributed by atoms with Gasteiger partial charge in [-0.05, 0) is 85.5 Å². The average Bonchev–Trinajstić information content (AvgIpc) is 2.73. The number of hydrogen-bond acceptors (Lipinski definition) is 8. The van der Waals surface area contributed by atoms with E-state index in [2.05, 4.69) is 55.0 Å². The second-order valence-electron chi connectivity index (χ2n) is 7.47. The molecule has 186 valence electrons. The summed E-state index contributed by atoms with van der Waals surface area (Å²) in [6.07, 6.45) is 0. The third-order valence-corrected chi connectivity index (χ3v) is 5.75. The Labute approximate surface area is 220 Å². The monoisotopic (exact) mass is 680 g/mol. The van der Waals surface area contributed by atoms with Crippen LogP contribution < -0.4 is 9.47 Å². The molecule has 32 heavy (non-hydrogen) atoms. The van der Waals surface area contributed by atoms with Gasteiger partial charge in [-0.25, -0.2) is 0 Å². The van der Waals surface area contributed by atoms with E-state index in [1.165, 1.54) is 0 Å². The van der Waals surface area contributed by atoms with Crippen LogP contribution in [-0.4, -0.2) is 117 Å². The van der Waals surface area contributed by atoms with Gasteiger partial charge in [-0.15, -0.1) is 0 Å². The van der Waals surface area contributed by atoms with Crippen LogP contribution in [-0.2, 0) is 18.9 Å². The van der Waals surface area contributed by atoms with Crippen molar-refractivity contribution in [2.45, 2.75) is 0 Å². The predicted molar refractivity (Wildman–Crippen MR) is 143 cm³/mol. The number of halogens is 2. The molecule has 0 spiro atoms. The zero-order chi connectivity index (χ0) is 23.6. The van der Waals surface area contributed by atoms with Crippen LogP contribution >= 0.6 is 45.2 Å². The van der Waals surface area contributed by atoms with Crippen LogP contribution in [0.4, 0.5) is 0 Å². The molecule has 0 aliphatic heterocycles. The highest BCUT2D eigenvalue weighted by Gasteiger charge is 2.09. The van der Waals surface area contributed by atoms with E-state index in [9.17, 15) is 0 Å². The fourth-order valence-electron chi connectivity index (χ4n) is 2.29. The van der Waals surface area contributed by atoms with Crippen molar-refractivity contribution in [1.82, 2.24) is 9.80 Å². The fourth-order valence-corrected chi connectivity index (χ4v) is 3.48. The summed E-state index contributed by atoms with van der Waals surface area (Å²) in [5, 5.41) is 0. The van der Waals surface area contributed by atoms with Crippen LogP contribution in [0.1, 0.15) is 0 Å². The summed E-state index contributed by atoms with van der Waals surface area (Å²) in [5.41, 5.74) is 0. The van der Waals surface area contributed by atoms with E-state index in [0.29, 0.717) is 52.9 Å². The van der Waals surface area contributed by atoms with Gasteiger partial charge < -0.3 is 38.2 Å². The minimum Gasteiger partial charge on any atom is -0.490 e. The number of ether oxygens (including phenoxy) is 6. The van der Waals surface area contributed by atoms with E-state index < -0.39 is 0 Å². The molecule has 0 fully saturated rings. The van der Waals surface area contributed by atoms with Crippen molar-refractivity contribution in [2.75, 3.05) is 107 Å². The summed E-state index contributed by atoms with van der Waals surface area (Å²) in [4.78, 5) is 4.18. The fraction of sp³-hybridized carbons (Fsp3) is 0.727. The van der Waals surface area contributed by atoms with Crippen LogP contribution in [0.25, 0.3) is 0 Å². The Hall–Kier alpha value is 0.0400. The lowest BCUT2D eigenvalue weighted by Gasteiger charge is -2.14. The lowest BCUT2D eigenvalue weighted by Crippen LogP contribution is -2.19. The zero-order valence-electron chi connectivity index (χ0n) is 19.7. The van der Waals surface area contributed by atoms with Crippen molar-refractivity contribution in [1.29, 1.82) is 0 Å². The summed E-state index contributed by atoms with van der Waals surface area (Å²) < 4.78 is 35.8. The Morgan fingerprint density at radius 2 is 0.844 bits per heavy atom. The molecule has 0 aliphatic carbocycles. The predicted octanol–water partition coefficient (Wildman–Crippen LogP) is 2.84. The van der Waals surface area contributed by atoms with Crippen LogP contribution in [0.15, 0.2) is 12.1 Å². The van der Waals surface area contributed by atoms with Gasteiger partial charge in [0.1, 0.15) is 24.7 Å². The molecule has 8 nitrogen and oxygen atoms in total. The van der Waals surface area contributed by atoms with Crippen molar-refractivity contribution in [3.05, 3.63) is 19.3 Å². The lowest BCUT2D eigenvalue weighted by molar-refractivity contribution is 0.0319. The normalized spacial score (nSPS) is 11.5. The summed E-state index contributed by atoms with van der Waals surface area (Å²) in [5.74, 6) is 1.67. The van der Waals surface area contributed by atoms with Gasteiger partial charge in [-0.3, -0.25) is 0 Å². The van der Waals surface area contributed by atoms with Crippen molar-refractivity contribution in [3.8, 4) is 11.5 Å². The number of hydrogen-bond donors (Lipinski definition) is 0. The molecule has 0 N–H and O–H groups in total. The van der Waals surface area contributed by atoms with Crippen LogP contribution in [0.5, 0.6) is 11.5 Å². The highest BCUT2D eigenvalue weighted by molar-refractivity contribution is 14.1. The Balaban J connectivity index is 2.13. The molecule has 0 aromatic heterocycles. The molecule has 0 heterocycles. The van der Waals surface area contributed by atoms with E-state index in [1.54, 1.807) is 0 Å². The number of benzene rings is 1. The first-order valence-corrected chi connectivity index (χ1v) is 12.9. The standard InChI is InChI=1S/C22H38I2N2O6/c1-25(2)5-7-27-9-11-29-13-15-31-21-17-20(24)22(18-19(21)23)32-16-14-30-12-10-28-8-6-26(3)4/h17-18H,5-16H2,1-4H3. The van der Waals surface area contributed by atoms with Gasteiger partial charge in [0.25, 0.3) is 0 Å². The van der Waals surface area contributed by atoms with Gasteiger partial charge >= 0.3 is 0 Å². The maximum Gasteiger partial charge on any atom is 0.134 e. The molecule has 0 atom stereocenters. The third kappa shape index (κ3) is 15.8. The van der Waals surface area contributed by atoms with Gasteiger partial charge in [0.05, 0.1) is 60.0 Å². The van der Waals surface area contributed by atoms with Crippen molar-refractivity contribution in [2.24, 2.45) is 0 Å². The molecule has 0 saturated carbocycles. The van der Waals surface area contributed by atoms with Crippen molar-refractivity contribution >= 4 is 45.2 Å². The van der Waals surface area contributed by atoms with E-state index >= 15 is 0 Å². The lowest BCUT2D eigenvalue weighted by atomic mass is 10.3. The molecule has 1 aromatic carbocycles. The van der Waals surface area contributed by atoms with E-state index in [-0.39, 0.29) is 0 Å². The SMILES string of the molecule is CN(C)CCOCCOCCOc1cc(I)c(OCCOCCOCCN(C)C)cc1I. The molecule has 0 aliphatic rings. The molecule has 1 aromatic rings. The second kappa shape index (κ2) is 19.4. The summed E-state index contributed by atoms with van der Waals surface area (Å²) in [6, 6.07) is 3.98. The minimum absolute atomic E-state index is 0.494. The van der Waals surface area contributed by atoms with E-state index in [0.717, 1.165) is 44.9 Å². The molecular weight excluding hydrogens is 642 g/mol. The molecule has 0 bridgehead atoms. The maximum absolute atomic E-state index is 5.85. The maximum atomic E-state index is 5.85. The molecular formula is C22H38I2N2O6. The molecule has 0 unspecified atom stereocenters. The zero-order valence-corrected chi connectivity index (χ0v) is 24.1. The number of likely N-dealkylation sites (N-methyl/N-ethyl adjacent to an activating group) is 2. The van der Waals surface area contributed by atoms with Gasteiger partial charge in [0.15, 0.2) is 0 Å². The smallest absolute Gasteiger partial charge is 0.134 e. The van der Waals surface area contributed by atoms with Crippen molar-refractivity contribution in [3.63, 3.8) is 0 Å². The average molecular weight is 680 g/mol. The third-order valence-electron chi connectivity index (χ3n) is 4.07. The Bertz CT molecular complexity index is 556. The Kier molecular flexibility index (Phi) is 18.2. The summed E-state index contributed by atoms with van der Waals surface area (Å²) >= 11 is 4.52. The summed E-state index contributed by atoms with van der Waals surface area (Å²) in [7, 11) is 8.11. The molecule has 0 radical (unpaired) electrons. The molecule has 0 amide bonds. The number of nitrogens with zero attached hydrogens (tertiary/aromatic N) is 2. The largest absolute Gasteiger partial charge is 0.490 e. The van der Waals surface area contributed by atoms with Gasteiger partial charge in [0.2, 0.25) is 0 Å². The van der Waals surface area contributed by atoms with Crippen LogP contribution in [0, 0.1) is 7.14 Å². The summed E-state index contributed by atoms with van der Waals surface area (Å²) in [6.45, 7) is 7.65. The molecule has 1 rings (SSSR count). The molecule has 0 saturated heterocycles. The first-order chi connectivity index (χ1) is 15.4. The van der Waals surface area contributed by atoms with Gasteiger partial charge in [0, 0.05) is 13.1 Å². The van der Waals surface area contributed by atoms with Crippen molar-refractivity contribution < 1.29 is 28.4 Å². The van der Waals surface area contributed by atoms with E-state index in [4.69, 9.17) is 28.4 Å². The van der Waals surface area contributed by atoms with E-state index in [1.807, 2.05) is 40.3 Å². The van der Waals surface area contributed by atoms with Gasteiger partial charge in [-0.1, -0.05) is 0 Å². The topological polar surface area (TPSA) is 61.9 Å². The van der Waals surface area contributed by atoms with Crippen LogP contribution in [0.3, 0.4) is 0 Å². The minimum atomic E-state index is 0.494. The first kappa shape index (κ1) is 30.1. The quantitative estimate of drug-likeness (QED) is 0.154. The number of rotatable bonds is 20. The second-order valence-corrected chi connectivity index (χ2v) is 9.79. The Morgan fingerprint density at radius 1 is 0.531 bits per heavy atom. The first-order valence-electron chi connectivity index (χ1n) is 10.7. The Morgan fingerprint density at radius 3 is 1.19 bits per heavy atom. The van der Waals surface area contributed by atoms with Crippen LogP contribution in [0.2, 0.25) is 0 Å². The molecule has 10 heteroatoms. The highest BCUT2D eigenvalue weighted by Crippen LogP contribution is 2.31.